The number of rotatable bonds is 3. The van der Waals surface area contributed by atoms with Crippen LogP contribution in [0.4, 0.5) is 5.69 Å². The van der Waals surface area contributed by atoms with Gasteiger partial charge in [0.05, 0.1) is 33.7 Å². The largest absolute Gasteiger partial charge is 0.350 e. The molecule has 0 unspecified atom stereocenters. The Morgan fingerprint density at radius 1 is 0.778 bits per heavy atom. The minimum absolute atomic E-state index is 0.0274. The number of hydrogen-bond acceptors (Lipinski definition) is 5. The zero-order chi connectivity index (χ0) is 25.2. The van der Waals surface area contributed by atoms with E-state index >= 15 is 0 Å². The summed E-state index contributed by atoms with van der Waals surface area (Å²) in [6.45, 7) is 0. The molecule has 0 saturated carbocycles. The van der Waals surface area contributed by atoms with Crippen molar-refractivity contribution in [1.29, 1.82) is 0 Å². The topological polar surface area (TPSA) is 80.8 Å². The average Bonchev–Trinajstić information content (AvgIpc) is 3.45. The Morgan fingerprint density at radius 2 is 1.42 bits per heavy atom. The van der Waals surface area contributed by atoms with Gasteiger partial charge in [-0.25, -0.2) is 4.90 Å². The summed E-state index contributed by atoms with van der Waals surface area (Å²) < 4.78 is 6.17. The number of Topliss-reactive ketones (excluding diaryl/α,β-unsaturated/α-hetero) is 2. The summed E-state index contributed by atoms with van der Waals surface area (Å²) in [6, 6.07) is 20.2. The molecule has 178 valence electrons. The first-order valence-electron chi connectivity index (χ1n) is 11.3. The van der Waals surface area contributed by atoms with Gasteiger partial charge >= 0.3 is 0 Å². The SMILES string of the molecule is O=C1[C@H]2[C@H](/C=C/c3ccccc3)OC3(C(=O)c4ccccc4C3=O)[C@H]2C(=O)N1c1cccc(Cl)c1Cl. The summed E-state index contributed by atoms with van der Waals surface area (Å²) >= 11 is 12.5. The molecule has 0 N–H and O–H groups in total. The zero-order valence-corrected chi connectivity index (χ0v) is 20.1. The highest BCUT2D eigenvalue weighted by Crippen LogP contribution is 2.54. The van der Waals surface area contributed by atoms with Crippen LogP contribution in [-0.2, 0) is 14.3 Å². The number of ether oxygens (including phenoxy) is 1. The summed E-state index contributed by atoms with van der Waals surface area (Å²) in [6.07, 6.45) is 2.36. The second kappa shape index (κ2) is 8.23. The zero-order valence-electron chi connectivity index (χ0n) is 18.6. The van der Waals surface area contributed by atoms with Gasteiger partial charge in [-0.1, -0.05) is 96.0 Å². The van der Waals surface area contributed by atoms with E-state index in [1.807, 2.05) is 30.3 Å². The van der Waals surface area contributed by atoms with Crippen LogP contribution < -0.4 is 4.90 Å². The van der Waals surface area contributed by atoms with Gasteiger partial charge in [0.15, 0.2) is 0 Å². The van der Waals surface area contributed by atoms with Crippen molar-refractivity contribution in [3.63, 3.8) is 0 Å². The van der Waals surface area contributed by atoms with Crippen molar-refractivity contribution in [3.05, 3.63) is 106 Å². The molecule has 0 radical (unpaired) electrons. The minimum Gasteiger partial charge on any atom is -0.350 e. The van der Waals surface area contributed by atoms with Gasteiger partial charge < -0.3 is 4.74 Å². The standard InChI is InChI=1S/C28H17Cl2NO5/c29-18-11-6-12-19(23(18)30)31-26(34)21-20(14-13-15-7-2-1-3-8-15)36-28(22(21)27(31)35)24(32)16-9-4-5-10-17(16)25(28)33/h1-14,20-22H/b14-13+/t20-,21-,22+/m0/s1. The third-order valence-electron chi connectivity index (χ3n) is 7.01. The number of carbonyl (C=O) groups excluding carboxylic acids is 4. The third-order valence-corrected chi connectivity index (χ3v) is 7.81. The van der Waals surface area contributed by atoms with Crippen LogP contribution in [0.25, 0.3) is 6.08 Å². The molecule has 3 aliphatic rings. The molecule has 2 aliphatic heterocycles. The Balaban J connectivity index is 1.50. The molecule has 2 fully saturated rings. The van der Waals surface area contributed by atoms with E-state index in [4.69, 9.17) is 27.9 Å². The molecule has 0 bridgehead atoms. The van der Waals surface area contributed by atoms with E-state index in [0.29, 0.717) is 0 Å². The van der Waals surface area contributed by atoms with E-state index in [1.165, 1.54) is 24.3 Å². The van der Waals surface area contributed by atoms with E-state index < -0.39 is 46.9 Å². The number of ketones is 2. The van der Waals surface area contributed by atoms with Gasteiger partial charge in [0.25, 0.3) is 0 Å². The molecule has 2 saturated heterocycles. The first kappa shape index (κ1) is 22.9. The fourth-order valence-electron chi connectivity index (χ4n) is 5.41. The van der Waals surface area contributed by atoms with E-state index in [1.54, 1.807) is 30.4 Å². The molecule has 2 amide bonds. The van der Waals surface area contributed by atoms with Crippen LogP contribution in [0.1, 0.15) is 26.3 Å². The predicted octanol–water partition coefficient (Wildman–Crippen LogP) is 5.03. The number of carbonyl (C=O) groups is 4. The van der Waals surface area contributed by atoms with E-state index in [9.17, 15) is 19.2 Å². The van der Waals surface area contributed by atoms with Crippen molar-refractivity contribution in [3.8, 4) is 0 Å². The Labute approximate surface area is 216 Å². The number of hydrogen-bond donors (Lipinski definition) is 0. The van der Waals surface area contributed by atoms with Gasteiger partial charge in [-0.3, -0.25) is 19.2 Å². The summed E-state index contributed by atoms with van der Waals surface area (Å²) in [5.74, 6) is -5.01. The number of amides is 2. The average molecular weight is 518 g/mol. The third kappa shape index (κ3) is 3.02. The molecular weight excluding hydrogens is 501 g/mol. The van der Waals surface area contributed by atoms with Crippen molar-refractivity contribution >= 4 is 58.3 Å². The molecule has 0 aromatic heterocycles. The maximum Gasteiger partial charge on any atom is 0.241 e. The Bertz CT molecular complexity index is 1460. The lowest BCUT2D eigenvalue weighted by Crippen LogP contribution is -2.51. The summed E-state index contributed by atoms with van der Waals surface area (Å²) in [5, 5.41) is 0.193. The van der Waals surface area contributed by atoms with Crippen LogP contribution in [0.15, 0.2) is 78.9 Å². The maximum absolute atomic E-state index is 13.9. The maximum atomic E-state index is 13.9. The van der Waals surface area contributed by atoms with Crippen LogP contribution >= 0.6 is 23.2 Å². The second-order valence-corrected chi connectivity index (χ2v) is 9.67. The van der Waals surface area contributed by atoms with Crippen molar-refractivity contribution in [2.45, 2.75) is 11.7 Å². The molecule has 2 heterocycles. The predicted molar refractivity (Wildman–Crippen MR) is 134 cm³/mol. The Hall–Kier alpha value is -3.58. The molecule has 3 aromatic carbocycles. The van der Waals surface area contributed by atoms with Gasteiger partial charge in [0.2, 0.25) is 29.0 Å². The molecule has 6 nitrogen and oxygen atoms in total. The number of benzene rings is 3. The van der Waals surface area contributed by atoms with Crippen LogP contribution in [0.3, 0.4) is 0 Å². The fourth-order valence-corrected chi connectivity index (χ4v) is 5.79. The van der Waals surface area contributed by atoms with Gasteiger partial charge in [0.1, 0.15) is 0 Å². The van der Waals surface area contributed by atoms with Gasteiger partial charge in [-0.05, 0) is 17.7 Å². The molecule has 3 aromatic rings. The van der Waals surface area contributed by atoms with E-state index in [-0.39, 0.29) is 26.9 Å². The van der Waals surface area contributed by atoms with Gasteiger partial charge in [-0.15, -0.1) is 0 Å². The number of halogens is 2. The minimum atomic E-state index is -2.13. The normalized spacial score (nSPS) is 24.3. The number of imide groups is 1. The lowest BCUT2D eigenvalue weighted by molar-refractivity contribution is -0.126. The molecule has 1 spiro atoms. The summed E-state index contributed by atoms with van der Waals surface area (Å²) in [4.78, 5) is 56.0. The van der Waals surface area contributed by atoms with Crippen molar-refractivity contribution in [2.24, 2.45) is 11.8 Å². The van der Waals surface area contributed by atoms with Crippen molar-refractivity contribution in [2.75, 3.05) is 4.90 Å². The lowest BCUT2D eigenvalue weighted by Gasteiger charge is -2.27. The number of nitrogens with zero attached hydrogens (tertiary/aromatic N) is 1. The molecular formula is C28H17Cl2NO5. The molecule has 1 aliphatic carbocycles. The van der Waals surface area contributed by atoms with Crippen LogP contribution in [0.2, 0.25) is 10.0 Å². The Kier molecular flexibility index (Phi) is 5.23. The first-order valence-corrected chi connectivity index (χ1v) is 12.0. The molecule has 36 heavy (non-hydrogen) atoms. The highest BCUT2D eigenvalue weighted by Gasteiger charge is 2.74. The van der Waals surface area contributed by atoms with Crippen LogP contribution in [0, 0.1) is 11.8 Å². The van der Waals surface area contributed by atoms with Crippen molar-refractivity contribution in [1.82, 2.24) is 0 Å². The summed E-state index contributed by atoms with van der Waals surface area (Å²) in [7, 11) is 0. The van der Waals surface area contributed by atoms with E-state index in [2.05, 4.69) is 0 Å². The van der Waals surface area contributed by atoms with Crippen LogP contribution in [-0.4, -0.2) is 35.1 Å². The quantitative estimate of drug-likeness (QED) is 0.359. The number of anilines is 1. The fraction of sp³-hybridized carbons (Fsp3) is 0.143. The van der Waals surface area contributed by atoms with Crippen LogP contribution in [0.5, 0.6) is 0 Å². The second-order valence-electron chi connectivity index (χ2n) is 8.88. The van der Waals surface area contributed by atoms with Gasteiger partial charge in [-0.2, -0.15) is 0 Å². The first-order chi connectivity index (χ1) is 17.4. The summed E-state index contributed by atoms with van der Waals surface area (Å²) in [5.41, 5.74) is -0.851. The van der Waals surface area contributed by atoms with Gasteiger partial charge in [0, 0.05) is 11.1 Å². The van der Waals surface area contributed by atoms with Crippen molar-refractivity contribution < 1.29 is 23.9 Å². The monoisotopic (exact) mass is 517 g/mol. The lowest BCUT2D eigenvalue weighted by atomic mass is 9.78. The highest BCUT2D eigenvalue weighted by molar-refractivity contribution is 6.45. The molecule has 3 atom stereocenters. The molecule has 6 rings (SSSR count). The smallest absolute Gasteiger partial charge is 0.241 e. The number of fused-ring (bicyclic) bond motifs is 3. The molecule has 8 heteroatoms. The van der Waals surface area contributed by atoms with E-state index in [0.717, 1.165) is 10.5 Å². The Morgan fingerprint density at radius 3 is 2.08 bits per heavy atom. The highest BCUT2D eigenvalue weighted by atomic mass is 35.5.